The highest BCUT2D eigenvalue weighted by Crippen LogP contribution is 2.26. The van der Waals surface area contributed by atoms with E-state index in [0.29, 0.717) is 0 Å². The van der Waals surface area contributed by atoms with Gasteiger partial charge in [-0.15, -0.1) is 0 Å². The van der Waals surface area contributed by atoms with Crippen LogP contribution >= 0.6 is 0 Å². The summed E-state index contributed by atoms with van der Waals surface area (Å²) in [5.74, 6) is -0.515. The van der Waals surface area contributed by atoms with E-state index in [9.17, 15) is 13.2 Å². The number of nitrogens with two attached hydrogens (primary N) is 1. The van der Waals surface area contributed by atoms with E-state index in [1.54, 1.807) is 20.8 Å². The van der Waals surface area contributed by atoms with Crippen LogP contribution in [0.2, 0.25) is 0 Å². The van der Waals surface area contributed by atoms with Gasteiger partial charge in [0.25, 0.3) is 0 Å². The van der Waals surface area contributed by atoms with Crippen molar-refractivity contribution in [2.45, 2.75) is 50.9 Å². The Kier molecular flexibility index (Phi) is 5.16. The predicted molar refractivity (Wildman–Crippen MR) is 67.4 cm³/mol. The highest BCUT2D eigenvalue weighted by molar-refractivity contribution is 7.92. The van der Waals surface area contributed by atoms with Crippen LogP contribution < -0.4 is 5.73 Å². The molecule has 1 atom stereocenters. The zero-order chi connectivity index (χ0) is 13.9. The zero-order valence-electron chi connectivity index (χ0n) is 11.2. The van der Waals surface area contributed by atoms with Crippen molar-refractivity contribution in [3.8, 4) is 0 Å². The van der Waals surface area contributed by atoms with Crippen molar-refractivity contribution in [1.29, 1.82) is 0 Å². The van der Waals surface area contributed by atoms with E-state index in [-0.39, 0.29) is 19.4 Å². The summed E-state index contributed by atoms with van der Waals surface area (Å²) in [6.45, 7) is 6.97. The third-order valence-electron chi connectivity index (χ3n) is 2.51. The van der Waals surface area contributed by atoms with Crippen molar-refractivity contribution < 1.29 is 17.9 Å². The Morgan fingerprint density at radius 2 is 1.71 bits per heavy atom. The number of carbonyl (C=O) groups is 1. The van der Waals surface area contributed by atoms with Gasteiger partial charge in [-0.1, -0.05) is 0 Å². The van der Waals surface area contributed by atoms with Gasteiger partial charge in [-0.3, -0.25) is 4.79 Å². The summed E-state index contributed by atoms with van der Waals surface area (Å²) in [6, 6.07) is 0. The average molecular weight is 265 g/mol. The number of esters is 1. The quantitative estimate of drug-likeness (QED) is 0.745. The third kappa shape index (κ3) is 5.50. The number of carbonyl (C=O) groups excluding carboxylic acids is 1. The molecule has 0 amide bonds. The number of rotatable bonds is 5. The van der Waals surface area contributed by atoms with Gasteiger partial charge < -0.3 is 10.5 Å². The van der Waals surface area contributed by atoms with Crippen LogP contribution in [0.15, 0.2) is 0 Å². The fourth-order valence-electron chi connectivity index (χ4n) is 1.39. The molecule has 0 aromatic carbocycles. The molecule has 0 heterocycles. The molecule has 0 radical (unpaired) electrons. The minimum atomic E-state index is -3.36. The summed E-state index contributed by atoms with van der Waals surface area (Å²) in [4.78, 5) is 11.7. The normalized spacial score (nSPS) is 16.4. The van der Waals surface area contributed by atoms with E-state index in [1.807, 2.05) is 0 Å². The Labute approximate surface area is 104 Å². The van der Waals surface area contributed by atoms with Crippen molar-refractivity contribution >= 4 is 15.8 Å². The topological polar surface area (TPSA) is 86.5 Å². The van der Waals surface area contributed by atoms with Crippen molar-refractivity contribution in [1.82, 2.24) is 0 Å². The maximum Gasteiger partial charge on any atom is 0.307 e. The summed E-state index contributed by atoms with van der Waals surface area (Å²) in [6.07, 6.45) is 1.19. The maximum absolute atomic E-state index is 11.7. The van der Waals surface area contributed by atoms with Gasteiger partial charge in [0.05, 0.1) is 11.2 Å². The molecule has 0 bridgehead atoms. The summed E-state index contributed by atoms with van der Waals surface area (Å²) >= 11 is 0. The van der Waals surface area contributed by atoms with Gasteiger partial charge in [0.15, 0.2) is 9.84 Å². The van der Waals surface area contributed by atoms with Gasteiger partial charge in [0.2, 0.25) is 0 Å². The second kappa shape index (κ2) is 5.35. The molecular weight excluding hydrogens is 242 g/mol. The van der Waals surface area contributed by atoms with E-state index in [0.717, 1.165) is 6.26 Å². The van der Waals surface area contributed by atoms with Gasteiger partial charge in [0, 0.05) is 6.26 Å². The van der Waals surface area contributed by atoms with Gasteiger partial charge >= 0.3 is 5.97 Å². The van der Waals surface area contributed by atoms with E-state index >= 15 is 0 Å². The largest absolute Gasteiger partial charge is 0.460 e. The molecule has 6 heteroatoms. The summed E-state index contributed by atoms with van der Waals surface area (Å²) in [7, 11) is -3.36. The lowest BCUT2D eigenvalue weighted by molar-refractivity contribution is -0.155. The Balaban J connectivity index is 4.86. The third-order valence-corrected chi connectivity index (χ3v) is 4.65. The van der Waals surface area contributed by atoms with Crippen LogP contribution in [0.1, 0.15) is 40.5 Å². The second-order valence-electron chi connectivity index (χ2n) is 5.52. The van der Waals surface area contributed by atoms with Crippen LogP contribution in [0.5, 0.6) is 0 Å². The molecule has 0 aliphatic heterocycles. The van der Waals surface area contributed by atoms with Crippen LogP contribution in [0.4, 0.5) is 0 Å². The molecule has 17 heavy (non-hydrogen) atoms. The molecule has 0 spiro atoms. The van der Waals surface area contributed by atoms with Crippen molar-refractivity contribution in [3.63, 3.8) is 0 Å². The van der Waals surface area contributed by atoms with Crippen LogP contribution in [0, 0.1) is 0 Å². The second-order valence-corrected chi connectivity index (χ2v) is 8.05. The Morgan fingerprint density at radius 1 is 1.24 bits per heavy atom. The minimum Gasteiger partial charge on any atom is -0.460 e. The number of sulfone groups is 1. The molecular formula is C11H23NO4S. The van der Waals surface area contributed by atoms with Crippen LogP contribution in [0.3, 0.4) is 0 Å². The fourth-order valence-corrected chi connectivity index (χ4v) is 2.26. The smallest absolute Gasteiger partial charge is 0.307 e. The molecule has 0 aromatic heterocycles. The van der Waals surface area contributed by atoms with Gasteiger partial charge in [-0.05, 0) is 40.7 Å². The van der Waals surface area contributed by atoms with E-state index in [4.69, 9.17) is 10.5 Å². The monoisotopic (exact) mass is 265 g/mol. The molecule has 0 unspecified atom stereocenters. The van der Waals surface area contributed by atoms with Gasteiger partial charge in [-0.25, -0.2) is 8.42 Å². The lowest BCUT2D eigenvalue weighted by Gasteiger charge is -2.28. The molecule has 0 aromatic rings. The summed E-state index contributed by atoms with van der Waals surface area (Å²) in [5.41, 5.74) is 4.78. The lowest BCUT2D eigenvalue weighted by Crippen LogP contribution is -2.40. The maximum atomic E-state index is 11.7. The Bertz CT molecular complexity index is 369. The Hall–Kier alpha value is -0.620. The minimum absolute atomic E-state index is 0.166. The number of ether oxygens (including phenoxy) is 1. The van der Waals surface area contributed by atoms with Crippen LogP contribution in [-0.4, -0.2) is 37.5 Å². The van der Waals surface area contributed by atoms with Crippen molar-refractivity contribution in [3.05, 3.63) is 0 Å². The number of hydrogen-bond acceptors (Lipinski definition) is 5. The first-order chi connectivity index (χ1) is 7.41. The first-order valence-corrected chi connectivity index (χ1v) is 7.42. The zero-order valence-corrected chi connectivity index (χ0v) is 12.1. The first kappa shape index (κ1) is 16.4. The van der Waals surface area contributed by atoms with Gasteiger partial charge in [-0.2, -0.15) is 0 Å². The fraction of sp³-hybridized carbons (Fsp3) is 0.909. The van der Waals surface area contributed by atoms with E-state index in [2.05, 4.69) is 0 Å². The summed E-state index contributed by atoms with van der Waals surface area (Å²) in [5, 5.41) is 0. The Morgan fingerprint density at radius 3 is 2.00 bits per heavy atom. The van der Waals surface area contributed by atoms with Crippen LogP contribution in [0.25, 0.3) is 0 Å². The molecule has 0 aliphatic rings. The lowest BCUT2D eigenvalue weighted by atomic mass is 10.0. The molecule has 5 nitrogen and oxygen atoms in total. The molecule has 0 rings (SSSR count). The first-order valence-electron chi connectivity index (χ1n) is 5.53. The molecule has 0 saturated heterocycles. The molecule has 0 saturated carbocycles. The molecule has 0 fully saturated rings. The molecule has 102 valence electrons. The SMILES string of the molecule is CC(C)(C)OC(=O)C[C@@](C)(CCN)S(C)(=O)=O. The van der Waals surface area contributed by atoms with E-state index in [1.165, 1.54) is 6.92 Å². The van der Waals surface area contributed by atoms with Crippen molar-refractivity contribution in [2.75, 3.05) is 12.8 Å². The molecule has 2 N–H and O–H groups in total. The number of hydrogen-bond donors (Lipinski definition) is 1. The van der Waals surface area contributed by atoms with Crippen molar-refractivity contribution in [2.24, 2.45) is 5.73 Å². The van der Waals surface area contributed by atoms with Gasteiger partial charge in [0.1, 0.15) is 5.60 Å². The summed E-state index contributed by atoms with van der Waals surface area (Å²) < 4.78 is 27.3. The predicted octanol–water partition coefficient (Wildman–Crippen LogP) is 0.870. The highest BCUT2D eigenvalue weighted by atomic mass is 32.2. The van der Waals surface area contributed by atoms with E-state index < -0.39 is 26.2 Å². The molecule has 0 aliphatic carbocycles. The standard InChI is InChI=1S/C11H23NO4S/c1-10(2,3)16-9(13)8-11(4,6-7-12)17(5,14)15/h6-8,12H2,1-5H3/t11-/m1/s1. The highest BCUT2D eigenvalue weighted by Gasteiger charge is 2.38. The van der Waals surface area contributed by atoms with Crippen LogP contribution in [-0.2, 0) is 19.4 Å². The average Bonchev–Trinajstić information content (AvgIpc) is 1.97.